The average molecular weight is 248 g/mol. The van der Waals surface area contributed by atoms with Gasteiger partial charge in [-0.05, 0) is 27.1 Å². The molecule has 18 heavy (non-hydrogen) atoms. The molecule has 0 amide bonds. The smallest absolute Gasteiger partial charge is 0.124 e. The molecular formula is C15H24N2O. The molecule has 1 aromatic carbocycles. The van der Waals surface area contributed by atoms with Gasteiger partial charge in [0.15, 0.2) is 0 Å². The van der Waals surface area contributed by atoms with Crippen molar-refractivity contribution in [1.82, 2.24) is 10.2 Å². The molecule has 0 aliphatic heterocycles. The van der Waals surface area contributed by atoms with Gasteiger partial charge >= 0.3 is 0 Å². The Bertz CT molecular complexity index is 363. The molecule has 0 aromatic heterocycles. The number of hydrogen-bond acceptors (Lipinski definition) is 3. The molecule has 100 valence electrons. The van der Waals surface area contributed by atoms with Gasteiger partial charge in [0.2, 0.25) is 0 Å². The van der Waals surface area contributed by atoms with Crippen molar-refractivity contribution in [3.05, 3.63) is 42.5 Å². The molecule has 3 nitrogen and oxygen atoms in total. The van der Waals surface area contributed by atoms with Crippen LogP contribution in [0, 0.1) is 0 Å². The molecule has 0 heterocycles. The molecule has 1 N–H and O–H groups in total. The Labute approximate surface area is 110 Å². The summed E-state index contributed by atoms with van der Waals surface area (Å²) in [5.41, 5.74) is 1.19. The molecule has 0 radical (unpaired) electrons. The molecule has 1 rings (SSSR count). The highest BCUT2D eigenvalue weighted by Crippen LogP contribution is 2.17. The Morgan fingerprint density at radius 2 is 2.11 bits per heavy atom. The molecule has 3 heteroatoms. The predicted octanol–water partition coefficient (Wildman–Crippen LogP) is 2.29. The maximum Gasteiger partial charge on any atom is 0.124 e. The summed E-state index contributed by atoms with van der Waals surface area (Å²) < 4.78 is 5.63. The molecule has 0 bridgehead atoms. The van der Waals surface area contributed by atoms with Crippen LogP contribution in [0.1, 0.15) is 12.5 Å². The van der Waals surface area contributed by atoms with Crippen LogP contribution in [0.5, 0.6) is 5.75 Å². The molecule has 0 saturated carbocycles. The first-order valence-corrected chi connectivity index (χ1v) is 6.33. The van der Waals surface area contributed by atoms with Crippen molar-refractivity contribution in [1.29, 1.82) is 0 Å². The van der Waals surface area contributed by atoms with Crippen LogP contribution in [0.4, 0.5) is 0 Å². The first-order valence-electron chi connectivity index (χ1n) is 6.33. The number of nitrogens with zero attached hydrogens (tertiary/aromatic N) is 1. The van der Waals surface area contributed by atoms with Crippen LogP contribution in [0.25, 0.3) is 0 Å². The summed E-state index contributed by atoms with van der Waals surface area (Å²) in [7, 11) is 4.17. The molecule has 0 aliphatic carbocycles. The third kappa shape index (κ3) is 5.34. The summed E-state index contributed by atoms with van der Waals surface area (Å²) in [5, 5.41) is 3.50. The zero-order valence-electron chi connectivity index (χ0n) is 11.6. The van der Waals surface area contributed by atoms with Crippen molar-refractivity contribution in [2.24, 2.45) is 0 Å². The van der Waals surface area contributed by atoms with Crippen molar-refractivity contribution in [3.63, 3.8) is 0 Å². The number of hydrogen-bond donors (Lipinski definition) is 1. The zero-order valence-corrected chi connectivity index (χ0v) is 11.6. The lowest BCUT2D eigenvalue weighted by Crippen LogP contribution is -2.35. The third-order valence-electron chi connectivity index (χ3n) is 2.61. The van der Waals surface area contributed by atoms with Crippen molar-refractivity contribution in [2.45, 2.75) is 19.5 Å². The van der Waals surface area contributed by atoms with Crippen LogP contribution < -0.4 is 10.1 Å². The summed E-state index contributed by atoms with van der Waals surface area (Å²) in [6.07, 6.45) is 1.76. The fourth-order valence-electron chi connectivity index (χ4n) is 1.84. The molecule has 0 fully saturated rings. The SMILES string of the molecule is C=CCOc1ccccc1CNC(C)CN(C)C. The van der Waals surface area contributed by atoms with Crippen molar-refractivity contribution < 1.29 is 4.74 Å². The molecular weight excluding hydrogens is 224 g/mol. The summed E-state index contributed by atoms with van der Waals surface area (Å²) >= 11 is 0. The molecule has 1 atom stereocenters. The van der Waals surface area contributed by atoms with Crippen LogP contribution in [0.3, 0.4) is 0 Å². The highest BCUT2D eigenvalue weighted by Gasteiger charge is 2.06. The summed E-state index contributed by atoms with van der Waals surface area (Å²) in [5.74, 6) is 0.932. The van der Waals surface area contributed by atoms with Gasteiger partial charge in [-0.25, -0.2) is 0 Å². The minimum atomic E-state index is 0.451. The van der Waals surface area contributed by atoms with Crippen LogP contribution in [0.2, 0.25) is 0 Å². The van der Waals surface area contributed by atoms with Crippen LogP contribution in [0.15, 0.2) is 36.9 Å². The lowest BCUT2D eigenvalue weighted by Gasteiger charge is -2.19. The lowest BCUT2D eigenvalue weighted by molar-refractivity contribution is 0.340. The second-order valence-corrected chi connectivity index (χ2v) is 4.75. The molecule has 0 aliphatic rings. The number of likely N-dealkylation sites (N-methyl/N-ethyl adjacent to an activating group) is 1. The number of nitrogens with one attached hydrogen (secondary N) is 1. The largest absolute Gasteiger partial charge is 0.489 e. The molecule has 0 spiro atoms. The summed E-state index contributed by atoms with van der Waals surface area (Å²) in [4.78, 5) is 2.18. The van der Waals surface area contributed by atoms with Crippen molar-refractivity contribution in [3.8, 4) is 5.75 Å². The second-order valence-electron chi connectivity index (χ2n) is 4.75. The Hall–Kier alpha value is -1.32. The second kappa shape index (κ2) is 7.90. The standard InChI is InChI=1S/C15H24N2O/c1-5-10-18-15-9-7-6-8-14(15)11-16-13(2)12-17(3)4/h5-9,13,16H,1,10-12H2,2-4H3. The predicted molar refractivity (Wildman–Crippen MR) is 77.0 cm³/mol. The fraction of sp³-hybridized carbons (Fsp3) is 0.467. The Kier molecular flexibility index (Phi) is 6.47. The van der Waals surface area contributed by atoms with Crippen LogP contribution in [-0.4, -0.2) is 38.2 Å². The maximum atomic E-state index is 5.63. The number of benzene rings is 1. The Balaban J connectivity index is 2.52. The van der Waals surface area contributed by atoms with Gasteiger partial charge in [-0.2, -0.15) is 0 Å². The first kappa shape index (κ1) is 14.7. The topological polar surface area (TPSA) is 24.5 Å². The number of rotatable bonds is 8. The van der Waals surface area contributed by atoms with Gasteiger partial charge in [0.25, 0.3) is 0 Å². The molecule has 1 aromatic rings. The van der Waals surface area contributed by atoms with Gasteiger partial charge in [-0.1, -0.05) is 30.9 Å². The molecule has 0 saturated heterocycles. The van der Waals surface area contributed by atoms with E-state index in [0.29, 0.717) is 12.6 Å². The average Bonchev–Trinajstić information content (AvgIpc) is 2.34. The first-order chi connectivity index (χ1) is 8.63. The van der Waals surface area contributed by atoms with E-state index >= 15 is 0 Å². The van der Waals surface area contributed by atoms with E-state index < -0.39 is 0 Å². The lowest BCUT2D eigenvalue weighted by atomic mass is 10.2. The van der Waals surface area contributed by atoms with E-state index in [4.69, 9.17) is 4.74 Å². The van der Waals surface area contributed by atoms with E-state index in [1.807, 2.05) is 18.2 Å². The monoisotopic (exact) mass is 248 g/mol. The van der Waals surface area contributed by atoms with E-state index in [9.17, 15) is 0 Å². The minimum Gasteiger partial charge on any atom is -0.489 e. The number of ether oxygens (including phenoxy) is 1. The van der Waals surface area contributed by atoms with Gasteiger partial charge in [0.1, 0.15) is 12.4 Å². The van der Waals surface area contributed by atoms with E-state index in [0.717, 1.165) is 18.8 Å². The zero-order chi connectivity index (χ0) is 13.4. The van der Waals surface area contributed by atoms with E-state index in [1.54, 1.807) is 6.08 Å². The highest BCUT2D eigenvalue weighted by molar-refractivity contribution is 5.33. The van der Waals surface area contributed by atoms with Gasteiger partial charge < -0.3 is 15.0 Å². The van der Waals surface area contributed by atoms with Gasteiger partial charge in [0.05, 0.1) is 0 Å². The van der Waals surface area contributed by atoms with E-state index in [2.05, 4.69) is 43.9 Å². The maximum absolute atomic E-state index is 5.63. The molecule has 1 unspecified atom stereocenters. The summed E-state index contributed by atoms with van der Waals surface area (Å²) in [6.45, 7) is 8.25. The fourth-order valence-corrected chi connectivity index (χ4v) is 1.84. The quantitative estimate of drug-likeness (QED) is 0.714. The van der Waals surface area contributed by atoms with Gasteiger partial charge in [-0.3, -0.25) is 0 Å². The van der Waals surface area contributed by atoms with Crippen molar-refractivity contribution in [2.75, 3.05) is 27.2 Å². The Morgan fingerprint density at radius 1 is 1.39 bits per heavy atom. The van der Waals surface area contributed by atoms with Crippen LogP contribution in [-0.2, 0) is 6.54 Å². The number of para-hydroxylation sites is 1. The van der Waals surface area contributed by atoms with E-state index in [1.165, 1.54) is 5.56 Å². The van der Waals surface area contributed by atoms with Gasteiger partial charge in [0, 0.05) is 24.7 Å². The highest BCUT2D eigenvalue weighted by atomic mass is 16.5. The van der Waals surface area contributed by atoms with E-state index in [-0.39, 0.29) is 0 Å². The summed E-state index contributed by atoms with van der Waals surface area (Å²) in [6, 6.07) is 8.57. The Morgan fingerprint density at radius 3 is 2.78 bits per heavy atom. The van der Waals surface area contributed by atoms with Gasteiger partial charge in [-0.15, -0.1) is 0 Å². The normalized spacial score (nSPS) is 12.4. The third-order valence-corrected chi connectivity index (χ3v) is 2.61. The van der Waals surface area contributed by atoms with Crippen LogP contribution >= 0.6 is 0 Å². The van der Waals surface area contributed by atoms with Crippen molar-refractivity contribution >= 4 is 0 Å². The minimum absolute atomic E-state index is 0.451.